The Hall–Kier alpha value is -1.21. The van der Waals surface area contributed by atoms with Gasteiger partial charge >= 0.3 is 0 Å². The van der Waals surface area contributed by atoms with Crippen molar-refractivity contribution in [2.45, 2.75) is 32.8 Å². The topological polar surface area (TPSA) is 78.4 Å². The Balaban J connectivity index is 1.94. The lowest BCUT2D eigenvalue weighted by Crippen LogP contribution is -2.30. The molecule has 2 heterocycles. The fourth-order valence-electron chi connectivity index (χ4n) is 2.11. The molecule has 0 aliphatic carbocycles. The summed E-state index contributed by atoms with van der Waals surface area (Å²) < 4.78 is 0. The van der Waals surface area contributed by atoms with Crippen molar-refractivity contribution in [1.29, 1.82) is 0 Å². The van der Waals surface area contributed by atoms with Gasteiger partial charge in [-0.2, -0.15) is 0 Å². The Morgan fingerprint density at radius 1 is 1.63 bits per heavy atom. The first kappa shape index (κ1) is 14.2. The molecule has 2 N–H and O–H groups in total. The number of hydrogen-bond donors (Lipinski definition) is 2. The summed E-state index contributed by atoms with van der Waals surface area (Å²) >= 11 is 1.29. The number of aliphatic hydroxyl groups excluding tert-OH is 1. The molecule has 1 aliphatic heterocycles. The van der Waals surface area contributed by atoms with Crippen molar-refractivity contribution < 1.29 is 9.90 Å². The molecular weight excluding hydrogens is 264 g/mol. The fourth-order valence-corrected chi connectivity index (χ4v) is 2.85. The van der Waals surface area contributed by atoms with E-state index in [-0.39, 0.29) is 17.9 Å². The van der Waals surface area contributed by atoms with Crippen molar-refractivity contribution in [1.82, 2.24) is 15.1 Å². The first-order chi connectivity index (χ1) is 9.11. The van der Waals surface area contributed by atoms with Gasteiger partial charge in [0.1, 0.15) is 0 Å². The lowest BCUT2D eigenvalue weighted by atomic mass is 10.0. The van der Waals surface area contributed by atoms with Gasteiger partial charge in [0, 0.05) is 25.6 Å². The second-order valence-corrected chi connectivity index (χ2v) is 5.86. The summed E-state index contributed by atoms with van der Waals surface area (Å²) in [4.78, 5) is 14.0. The lowest BCUT2D eigenvalue weighted by molar-refractivity contribution is 0.0761. The van der Waals surface area contributed by atoms with Gasteiger partial charge in [-0.15, -0.1) is 10.2 Å². The third kappa shape index (κ3) is 3.42. The molecule has 1 aromatic rings. The summed E-state index contributed by atoms with van der Waals surface area (Å²) in [5.74, 6) is 0.0970. The van der Waals surface area contributed by atoms with E-state index in [1.165, 1.54) is 11.3 Å². The SMILES string of the molecule is CCCNc1nnc(C(=O)N2CCC(C(C)O)C2)s1. The highest BCUT2D eigenvalue weighted by Crippen LogP contribution is 2.23. The predicted octanol–water partition coefficient (Wildman–Crippen LogP) is 1.20. The Bertz CT molecular complexity index is 435. The molecule has 19 heavy (non-hydrogen) atoms. The molecule has 0 saturated carbocycles. The number of nitrogens with one attached hydrogen (secondary N) is 1. The highest BCUT2D eigenvalue weighted by Gasteiger charge is 2.31. The van der Waals surface area contributed by atoms with Gasteiger partial charge in [-0.3, -0.25) is 4.79 Å². The quantitative estimate of drug-likeness (QED) is 0.849. The normalized spacial score (nSPS) is 20.6. The van der Waals surface area contributed by atoms with Crippen molar-refractivity contribution in [3.8, 4) is 0 Å². The number of likely N-dealkylation sites (tertiary alicyclic amines) is 1. The third-order valence-corrected chi connectivity index (χ3v) is 4.20. The van der Waals surface area contributed by atoms with E-state index in [0.717, 1.165) is 19.4 Å². The fraction of sp³-hybridized carbons (Fsp3) is 0.750. The van der Waals surface area contributed by atoms with Crippen LogP contribution in [0.15, 0.2) is 0 Å². The van der Waals surface area contributed by atoms with Crippen LogP contribution in [-0.4, -0.2) is 51.8 Å². The Morgan fingerprint density at radius 2 is 2.42 bits per heavy atom. The molecule has 1 amide bonds. The summed E-state index contributed by atoms with van der Waals surface area (Å²) in [5.41, 5.74) is 0. The monoisotopic (exact) mass is 284 g/mol. The molecule has 2 atom stereocenters. The Kier molecular flexibility index (Phi) is 4.71. The second kappa shape index (κ2) is 6.29. The molecule has 1 aliphatic rings. The Morgan fingerprint density at radius 3 is 3.05 bits per heavy atom. The minimum Gasteiger partial charge on any atom is -0.393 e. The van der Waals surface area contributed by atoms with Gasteiger partial charge in [-0.05, 0) is 19.8 Å². The Labute approximate surface area is 116 Å². The number of aromatic nitrogens is 2. The van der Waals surface area contributed by atoms with E-state index in [4.69, 9.17) is 0 Å². The maximum atomic E-state index is 12.2. The van der Waals surface area contributed by atoms with Crippen molar-refractivity contribution in [2.24, 2.45) is 5.92 Å². The number of amides is 1. The molecule has 7 heteroatoms. The highest BCUT2D eigenvalue weighted by atomic mass is 32.1. The van der Waals surface area contributed by atoms with Crippen LogP contribution in [0.3, 0.4) is 0 Å². The maximum absolute atomic E-state index is 12.2. The smallest absolute Gasteiger partial charge is 0.284 e. The van der Waals surface area contributed by atoms with Crippen LogP contribution in [-0.2, 0) is 0 Å². The second-order valence-electron chi connectivity index (χ2n) is 4.88. The molecular formula is C12H20N4O2S. The van der Waals surface area contributed by atoms with Gasteiger partial charge in [0.05, 0.1) is 6.10 Å². The zero-order valence-electron chi connectivity index (χ0n) is 11.3. The molecule has 1 fully saturated rings. The summed E-state index contributed by atoms with van der Waals surface area (Å²) in [7, 11) is 0. The van der Waals surface area contributed by atoms with Gasteiger partial charge in [0.25, 0.3) is 5.91 Å². The van der Waals surface area contributed by atoms with E-state index in [9.17, 15) is 9.90 Å². The maximum Gasteiger partial charge on any atom is 0.284 e. The van der Waals surface area contributed by atoms with Gasteiger partial charge in [0.15, 0.2) is 0 Å². The standard InChI is InChI=1S/C12H20N4O2S/c1-3-5-13-12-15-14-10(19-12)11(18)16-6-4-9(7-16)8(2)17/h8-9,17H,3-7H2,1-2H3,(H,13,15). The van der Waals surface area contributed by atoms with E-state index < -0.39 is 0 Å². The number of hydrogen-bond acceptors (Lipinski definition) is 6. The van der Waals surface area contributed by atoms with Crippen LogP contribution in [0.1, 0.15) is 36.5 Å². The van der Waals surface area contributed by atoms with Gasteiger partial charge in [0.2, 0.25) is 10.1 Å². The zero-order chi connectivity index (χ0) is 13.8. The van der Waals surface area contributed by atoms with Gasteiger partial charge in [-0.25, -0.2) is 0 Å². The molecule has 1 saturated heterocycles. The van der Waals surface area contributed by atoms with E-state index in [1.54, 1.807) is 11.8 Å². The zero-order valence-corrected chi connectivity index (χ0v) is 12.1. The molecule has 1 aromatic heterocycles. The van der Waals surface area contributed by atoms with Crippen molar-refractivity contribution in [3.05, 3.63) is 5.01 Å². The number of carbonyl (C=O) groups excluding carboxylic acids is 1. The van der Waals surface area contributed by atoms with Crippen molar-refractivity contribution in [2.75, 3.05) is 25.0 Å². The van der Waals surface area contributed by atoms with E-state index in [2.05, 4.69) is 22.4 Å². The average molecular weight is 284 g/mol. The molecule has 106 valence electrons. The molecule has 0 aromatic carbocycles. The molecule has 2 unspecified atom stereocenters. The largest absolute Gasteiger partial charge is 0.393 e. The van der Waals surface area contributed by atoms with Crippen LogP contribution in [0.5, 0.6) is 0 Å². The number of carbonyl (C=O) groups is 1. The molecule has 2 rings (SSSR count). The summed E-state index contributed by atoms with van der Waals surface area (Å²) in [6.45, 7) is 5.97. The highest BCUT2D eigenvalue weighted by molar-refractivity contribution is 7.17. The molecule has 0 spiro atoms. The summed E-state index contributed by atoms with van der Waals surface area (Å²) in [6.07, 6.45) is 1.49. The van der Waals surface area contributed by atoms with Crippen LogP contribution >= 0.6 is 11.3 Å². The summed E-state index contributed by atoms with van der Waals surface area (Å²) in [5, 5.41) is 21.7. The van der Waals surface area contributed by atoms with Crippen molar-refractivity contribution in [3.63, 3.8) is 0 Å². The van der Waals surface area contributed by atoms with Crippen molar-refractivity contribution >= 4 is 22.4 Å². The van der Waals surface area contributed by atoms with Crippen LogP contribution < -0.4 is 5.32 Å². The van der Waals surface area contributed by atoms with Gasteiger partial charge < -0.3 is 15.3 Å². The van der Waals surface area contributed by atoms with Crippen LogP contribution in [0, 0.1) is 5.92 Å². The molecule has 6 nitrogen and oxygen atoms in total. The van der Waals surface area contributed by atoms with Gasteiger partial charge in [-0.1, -0.05) is 18.3 Å². The first-order valence-electron chi connectivity index (χ1n) is 6.66. The number of aliphatic hydroxyl groups is 1. The molecule has 0 bridgehead atoms. The average Bonchev–Trinajstić information content (AvgIpc) is 3.04. The number of rotatable bonds is 5. The predicted molar refractivity (Wildman–Crippen MR) is 74.4 cm³/mol. The number of nitrogens with zero attached hydrogens (tertiary/aromatic N) is 3. The van der Waals surface area contributed by atoms with Crippen LogP contribution in [0.25, 0.3) is 0 Å². The van der Waals surface area contributed by atoms with Crippen LogP contribution in [0.4, 0.5) is 5.13 Å². The minimum absolute atomic E-state index is 0.0785. The summed E-state index contributed by atoms with van der Waals surface area (Å²) in [6, 6.07) is 0. The van der Waals surface area contributed by atoms with E-state index >= 15 is 0 Å². The number of anilines is 1. The third-order valence-electron chi connectivity index (χ3n) is 3.33. The molecule has 0 radical (unpaired) electrons. The lowest BCUT2D eigenvalue weighted by Gasteiger charge is -2.16. The minimum atomic E-state index is -0.367. The van der Waals surface area contributed by atoms with E-state index in [0.29, 0.717) is 23.2 Å². The first-order valence-corrected chi connectivity index (χ1v) is 7.48. The van der Waals surface area contributed by atoms with Crippen LogP contribution in [0.2, 0.25) is 0 Å². The van der Waals surface area contributed by atoms with E-state index in [1.807, 2.05) is 0 Å².